The molecule has 1 heterocycles. The predicted molar refractivity (Wildman–Crippen MR) is 59.3 cm³/mol. The lowest BCUT2D eigenvalue weighted by Gasteiger charge is -2.11. The van der Waals surface area contributed by atoms with Gasteiger partial charge in [0, 0.05) is 25.0 Å². The molecule has 1 aliphatic rings. The zero-order valence-electron chi connectivity index (χ0n) is 10.1. The van der Waals surface area contributed by atoms with Crippen LogP contribution in [0.2, 0.25) is 0 Å². The minimum absolute atomic E-state index is 0.179. The van der Waals surface area contributed by atoms with Gasteiger partial charge in [-0.1, -0.05) is 12.1 Å². The summed E-state index contributed by atoms with van der Waals surface area (Å²) in [5, 5.41) is 7.21. The standard InChI is InChI=1S/C11H19N3O2/c1-11(4-5-11)10-13-9(16-14-10)6-8(12-2)7-15-3/h8,12H,4-7H2,1-3H3. The first-order chi connectivity index (χ1) is 7.68. The molecule has 1 aromatic heterocycles. The molecule has 1 aliphatic carbocycles. The largest absolute Gasteiger partial charge is 0.383 e. The third-order valence-electron chi connectivity index (χ3n) is 3.21. The summed E-state index contributed by atoms with van der Waals surface area (Å²) in [6, 6.07) is 0.227. The lowest BCUT2D eigenvalue weighted by Crippen LogP contribution is -2.32. The van der Waals surface area contributed by atoms with Crippen LogP contribution in [0.5, 0.6) is 0 Å². The summed E-state index contributed by atoms with van der Waals surface area (Å²) >= 11 is 0. The van der Waals surface area contributed by atoms with E-state index in [1.54, 1.807) is 7.11 Å². The number of rotatable bonds is 6. The van der Waals surface area contributed by atoms with Gasteiger partial charge in [-0.2, -0.15) is 4.98 Å². The number of likely N-dealkylation sites (N-methyl/N-ethyl adjacent to an activating group) is 1. The molecule has 0 bridgehead atoms. The number of nitrogens with one attached hydrogen (secondary N) is 1. The molecule has 0 aliphatic heterocycles. The number of nitrogens with zero attached hydrogens (tertiary/aromatic N) is 2. The maximum absolute atomic E-state index is 5.25. The fourth-order valence-corrected chi connectivity index (χ4v) is 1.65. The molecule has 5 heteroatoms. The van der Waals surface area contributed by atoms with Crippen molar-refractivity contribution in [2.45, 2.75) is 37.6 Å². The van der Waals surface area contributed by atoms with Crippen LogP contribution < -0.4 is 5.32 Å². The number of hydrogen-bond donors (Lipinski definition) is 1. The van der Waals surface area contributed by atoms with Crippen molar-refractivity contribution in [1.82, 2.24) is 15.5 Å². The van der Waals surface area contributed by atoms with Crippen LogP contribution in [-0.4, -0.2) is 36.9 Å². The van der Waals surface area contributed by atoms with Gasteiger partial charge >= 0.3 is 0 Å². The van der Waals surface area contributed by atoms with E-state index in [2.05, 4.69) is 22.4 Å². The molecule has 0 radical (unpaired) electrons. The summed E-state index contributed by atoms with van der Waals surface area (Å²) in [6.07, 6.45) is 3.05. The highest BCUT2D eigenvalue weighted by molar-refractivity contribution is 5.14. The van der Waals surface area contributed by atoms with Crippen molar-refractivity contribution < 1.29 is 9.26 Å². The molecule has 0 saturated heterocycles. The van der Waals surface area contributed by atoms with Crippen LogP contribution in [0.15, 0.2) is 4.52 Å². The summed E-state index contributed by atoms with van der Waals surface area (Å²) in [5.41, 5.74) is 0.179. The number of ether oxygens (including phenoxy) is 1. The van der Waals surface area contributed by atoms with E-state index in [9.17, 15) is 0 Å². The molecule has 16 heavy (non-hydrogen) atoms. The highest BCUT2D eigenvalue weighted by Gasteiger charge is 2.43. The van der Waals surface area contributed by atoms with Crippen LogP contribution in [0.25, 0.3) is 0 Å². The predicted octanol–water partition coefficient (Wildman–Crippen LogP) is 0.898. The third kappa shape index (κ3) is 2.41. The molecular formula is C11H19N3O2. The van der Waals surface area contributed by atoms with Crippen molar-refractivity contribution in [1.29, 1.82) is 0 Å². The van der Waals surface area contributed by atoms with Gasteiger partial charge in [-0.3, -0.25) is 0 Å². The first kappa shape index (κ1) is 11.5. The van der Waals surface area contributed by atoms with E-state index in [0.717, 1.165) is 5.82 Å². The number of hydrogen-bond acceptors (Lipinski definition) is 5. The summed E-state index contributed by atoms with van der Waals surface area (Å²) in [5.74, 6) is 1.55. The van der Waals surface area contributed by atoms with E-state index in [-0.39, 0.29) is 11.5 Å². The van der Waals surface area contributed by atoms with Gasteiger partial charge in [0.2, 0.25) is 5.89 Å². The normalized spacial score (nSPS) is 19.7. The molecule has 1 aromatic rings. The topological polar surface area (TPSA) is 60.2 Å². The zero-order valence-corrected chi connectivity index (χ0v) is 10.1. The van der Waals surface area contributed by atoms with Gasteiger partial charge in [-0.15, -0.1) is 0 Å². The summed E-state index contributed by atoms with van der Waals surface area (Å²) in [4.78, 5) is 4.44. The maximum Gasteiger partial charge on any atom is 0.228 e. The Morgan fingerprint density at radius 3 is 2.88 bits per heavy atom. The minimum atomic E-state index is 0.179. The first-order valence-corrected chi connectivity index (χ1v) is 5.67. The van der Waals surface area contributed by atoms with Crippen molar-refractivity contribution in [3.63, 3.8) is 0 Å². The van der Waals surface area contributed by atoms with Gasteiger partial charge < -0.3 is 14.6 Å². The third-order valence-corrected chi connectivity index (χ3v) is 3.21. The van der Waals surface area contributed by atoms with Crippen LogP contribution in [0.1, 0.15) is 31.5 Å². The van der Waals surface area contributed by atoms with Crippen molar-refractivity contribution in [3.05, 3.63) is 11.7 Å². The van der Waals surface area contributed by atoms with Gasteiger partial charge in [0.1, 0.15) is 0 Å². The van der Waals surface area contributed by atoms with Crippen molar-refractivity contribution in [2.75, 3.05) is 20.8 Å². The fraction of sp³-hybridized carbons (Fsp3) is 0.818. The van der Waals surface area contributed by atoms with Crippen LogP contribution >= 0.6 is 0 Å². The molecule has 1 saturated carbocycles. The molecule has 0 aromatic carbocycles. The number of aromatic nitrogens is 2. The molecule has 1 unspecified atom stereocenters. The second kappa shape index (κ2) is 4.51. The Bertz CT molecular complexity index is 347. The van der Waals surface area contributed by atoms with Gasteiger partial charge in [-0.25, -0.2) is 0 Å². The average molecular weight is 225 g/mol. The quantitative estimate of drug-likeness (QED) is 0.779. The second-order valence-corrected chi connectivity index (χ2v) is 4.72. The van der Waals surface area contributed by atoms with Crippen LogP contribution in [0.3, 0.4) is 0 Å². The Morgan fingerprint density at radius 2 is 2.31 bits per heavy atom. The molecule has 1 N–H and O–H groups in total. The SMILES string of the molecule is CNC(COC)Cc1nc(C2(C)CC2)no1. The zero-order chi connectivity index (χ0) is 11.6. The summed E-state index contributed by atoms with van der Waals surface area (Å²) in [7, 11) is 3.60. The lowest BCUT2D eigenvalue weighted by atomic mass is 10.1. The highest BCUT2D eigenvalue weighted by Crippen LogP contribution is 2.45. The van der Waals surface area contributed by atoms with Crippen LogP contribution in [-0.2, 0) is 16.6 Å². The molecule has 5 nitrogen and oxygen atoms in total. The van der Waals surface area contributed by atoms with E-state index in [4.69, 9.17) is 9.26 Å². The molecule has 1 fully saturated rings. The summed E-state index contributed by atoms with van der Waals surface area (Å²) in [6.45, 7) is 2.82. The highest BCUT2D eigenvalue weighted by atomic mass is 16.5. The van der Waals surface area contributed by atoms with E-state index < -0.39 is 0 Å². The second-order valence-electron chi connectivity index (χ2n) is 4.72. The monoisotopic (exact) mass is 225 g/mol. The average Bonchev–Trinajstić information content (AvgIpc) is 2.85. The maximum atomic E-state index is 5.25. The van der Waals surface area contributed by atoms with Crippen molar-refractivity contribution >= 4 is 0 Å². The first-order valence-electron chi connectivity index (χ1n) is 5.67. The van der Waals surface area contributed by atoms with E-state index in [1.807, 2.05) is 7.05 Å². The van der Waals surface area contributed by atoms with E-state index in [1.165, 1.54) is 12.8 Å². The molecular weight excluding hydrogens is 206 g/mol. The fourth-order valence-electron chi connectivity index (χ4n) is 1.65. The molecule has 0 spiro atoms. The van der Waals surface area contributed by atoms with Gasteiger partial charge in [-0.05, 0) is 19.9 Å². The Kier molecular flexibility index (Phi) is 3.25. The van der Waals surface area contributed by atoms with Gasteiger partial charge in [0.15, 0.2) is 5.82 Å². The smallest absolute Gasteiger partial charge is 0.228 e. The Labute approximate surface area is 95.6 Å². The molecule has 0 amide bonds. The van der Waals surface area contributed by atoms with E-state index in [0.29, 0.717) is 18.9 Å². The van der Waals surface area contributed by atoms with Crippen LogP contribution in [0.4, 0.5) is 0 Å². The Hall–Kier alpha value is -0.940. The lowest BCUT2D eigenvalue weighted by molar-refractivity contribution is 0.165. The Balaban J connectivity index is 1.96. The van der Waals surface area contributed by atoms with Gasteiger partial charge in [0.25, 0.3) is 0 Å². The molecule has 1 atom stereocenters. The Morgan fingerprint density at radius 1 is 1.56 bits per heavy atom. The number of methoxy groups -OCH3 is 1. The van der Waals surface area contributed by atoms with Crippen molar-refractivity contribution in [3.8, 4) is 0 Å². The van der Waals surface area contributed by atoms with E-state index >= 15 is 0 Å². The molecule has 2 rings (SSSR count). The van der Waals surface area contributed by atoms with Crippen LogP contribution in [0, 0.1) is 0 Å². The molecule has 90 valence electrons. The minimum Gasteiger partial charge on any atom is -0.383 e. The summed E-state index contributed by atoms with van der Waals surface area (Å²) < 4.78 is 10.4. The van der Waals surface area contributed by atoms with Crippen molar-refractivity contribution in [2.24, 2.45) is 0 Å². The van der Waals surface area contributed by atoms with Gasteiger partial charge in [0.05, 0.1) is 6.61 Å².